The summed E-state index contributed by atoms with van der Waals surface area (Å²) in [6.45, 7) is 1.16. The number of methoxy groups -OCH3 is 1. The third-order valence-electron chi connectivity index (χ3n) is 5.09. The number of hydrogen-bond acceptors (Lipinski definition) is 4. The Hall–Kier alpha value is -3.02. The van der Waals surface area contributed by atoms with Crippen molar-refractivity contribution in [1.82, 2.24) is 4.90 Å². The SMILES string of the molecule is COc1ccc(O)c(C(=O)N2CCC(Cc3ccccc3C(=O)O)CC2)c1. The van der Waals surface area contributed by atoms with Crippen molar-refractivity contribution in [1.29, 1.82) is 0 Å². The number of likely N-dealkylation sites (tertiary alicyclic amines) is 1. The zero-order valence-electron chi connectivity index (χ0n) is 15.2. The van der Waals surface area contributed by atoms with Crippen LogP contribution in [0.3, 0.4) is 0 Å². The van der Waals surface area contributed by atoms with E-state index in [0.717, 1.165) is 18.4 Å². The number of hydrogen-bond donors (Lipinski definition) is 2. The predicted molar refractivity (Wildman–Crippen MR) is 100 cm³/mol. The van der Waals surface area contributed by atoms with E-state index in [1.54, 1.807) is 29.2 Å². The molecule has 1 aliphatic rings. The van der Waals surface area contributed by atoms with Gasteiger partial charge in [0, 0.05) is 13.1 Å². The minimum absolute atomic E-state index is 0.0571. The van der Waals surface area contributed by atoms with Gasteiger partial charge in [-0.3, -0.25) is 4.79 Å². The van der Waals surface area contributed by atoms with E-state index in [0.29, 0.717) is 36.7 Å². The van der Waals surface area contributed by atoms with Crippen molar-refractivity contribution in [3.8, 4) is 11.5 Å². The van der Waals surface area contributed by atoms with Gasteiger partial charge >= 0.3 is 5.97 Å². The van der Waals surface area contributed by atoms with E-state index in [1.165, 1.54) is 13.2 Å². The third-order valence-corrected chi connectivity index (χ3v) is 5.09. The summed E-state index contributed by atoms with van der Waals surface area (Å²) in [5, 5.41) is 19.3. The smallest absolute Gasteiger partial charge is 0.335 e. The number of ether oxygens (including phenoxy) is 1. The fourth-order valence-corrected chi connectivity index (χ4v) is 3.54. The zero-order valence-corrected chi connectivity index (χ0v) is 15.2. The third kappa shape index (κ3) is 4.22. The number of carbonyl (C=O) groups is 2. The summed E-state index contributed by atoms with van der Waals surface area (Å²) in [7, 11) is 1.51. The Morgan fingerprint density at radius 2 is 1.81 bits per heavy atom. The molecule has 27 heavy (non-hydrogen) atoms. The minimum Gasteiger partial charge on any atom is -0.507 e. The maximum atomic E-state index is 12.7. The topological polar surface area (TPSA) is 87.1 Å². The lowest BCUT2D eigenvalue weighted by molar-refractivity contribution is 0.0687. The summed E-state index contributed by atoms with van der Waals surface area (Å²) in [6.07, 6.45) is 2.28. The lowest BCUT2D eigenvalue weighted by Crippen LogP contribution is -2.39. The van der Waals surface area contributed by atoms with Gasteiger partial charge in [-0.05, 0) is 55.0 Å². The molecule has 1 amide bonds. The Labute approximate surface area is 158 Å². The molecule has 0 bridgehead atoms. The normalized spacial score (nSPS) is 14.8. The van der Waals surface area contributed by atoms with Crippen LogP contribution in [0, 0.1) is 5.92 Å². The number of phenols is 1. The molecule has 0 atom stereocenters. The first-order chi connectivity index (χ1) is 13.0. The van der Waals surface area contributed by atoms with Gasteiger partial charge in [0.1, 0.15) is 11.5 Å². The van der Waals surface area contributed by atoms with Crippen LogP contribution < -0.4 is 4.74 Å². The maximum absolute atomic E-state index is 12.7. The molecule has 6 nitrogen and oxygen atoms in total. The Morgan fingerprint density at radius 3 is 2.48 bits per heavy atom. The summed E-state index contributed by atoms with van der Waals surface area (Å²) >= 11 is 0. The molecule has 1 fully saturated rings. The molecule has 2 N–H and O–H groups in total. The summed E-state index contributed by atoms with van der Waals surface area (Å²) < 4.78 is 5.13. The Balaban J connectivity index is 1.64. The highest BCUT2D eigenvalue weighted by Gasteiger charge is 2.26. The van der Waals surface area contributed by atoms with Crippen LogP contribution in [0.5, 0.6) is 11.5 Å². The highest BCUT2D eigenvalue weighted by Crippen LogP contribution is 2.28. The molecule has 1 aliphatic heterocycles. The molecule has 1 saturated heterocycles. The van der Waals surface area contributed by atoms with Crippen LogP contribution in [0.4, 0.5) is 0 Å². The van der Waals surface area contributed by atoms with Crippen molar-refractivity contribution in [2.75, 3.05) is 20.2 Å². The lowest BCUT2D eigenvalue weighted by atomic mass is 9.88. The number of benzene rings is 2. The molecule has 0 saturated carbocycles. The number of piperidine rings is 1. The molecular formula is C21H23NO5. The van der Waals surface area contributed by atoms with Crippen LogP contribution in [-0.4, -0.2) is 47.2 Å². The van der Waals surface area contributed by atoms with Crippen molar-refractivity contribution in [2.45, 2.75) is 19.3 Å². The second-order valence-corrected chi connectivity index (χ2v) is 6.79. The monoisotopic (exact) mass is 369 g/mol. The van der Waals surface area contributed by atoms with Crippen LogP contribution in [0.1, 0.15) is 39.1 Å². The molecule has 0 spiro atoms. The fraction of sp³-hybridized carbons (Fsp3) is 0.333. The summed E-state index contributed by atoms with van der Waals surface area (Å²) in [5.74, 6) is -0.328. The highest BCUT2D eigenvalue weighted by molar-refractivity contribution is 5.97. The standard InChI is InChI=1S/C21H23NO5/c1-27-16-6-7-19(23)18(13-16)20(24)22-10-8-14(9-11-22)12-15-4-2-3-5-17(15)21(25)26/h2-7,13-14,23H,8-12H2,1H3,(H,25,26). The van der Waals surface area contributed by atoms with E-state index in [2.05, 4.69) is 0 Å². The van der Waals surface area contributed by atoms with Gasteiger partial charge in [0.2, 0.25) is 0 Å². The van der Waals surface area contributed by atoms with Gasteiger partial charge in [-0.2, -0.15) is 0 Å². The van der Waals surface area contributed by atoms with Gasteiger partial charge in [-0.25, -0.2) is 4.79 Å². The molecule has 6 heteroatoms. The van der Waals surface area contributed by atoms with Crippen molar-refractivity contribution in [3.63, 3.8) is 0 Å². The van der Waals surface area contributed by atoms with Gasteiger partial charge in [-0.15, -0.1) is 0 Å². The van der Waals surface area contributed by atoms with Gasteiger partial charge in [0.25, 0.3) is 5.91 Å². The van der Waals surface area contributed by atoms with Crippen LogP contribution in [0.15, 0.2) is 42.5 Å². The largest absolute Gasteiger partial charge is 0.507 e. The maximum Gasteiger partial charge on any atom is 0.335 e. The molecule has 1 heterocycles. The number of rotatable bonds is 5. The molecule has 2 aromatic carbocycles. The van der Waals surface area contributed by atoms with Gasteiger partial charge in [0.15, 0.2) is 0 Å². The van der Waals surface area contributed by atoms with E-state index < -0.39 is 5.97 Å². The quantitative estimate of drug-likeness (QED) is 0.845. The average Bonchev–Trinajstić information content (AvgIpc) is 2.69. The summed E-state index contributed by atoms with van der Waals surface area (Å²) in [5.41, 5.74) is 1.42. The second kappa shape index (κ2) is 8.12. The first kappa shape index (κ1) is 18.8. The highest BCUT2D eigenvalue weighted by atomic mass is 16.5. The van der Waals surface area contributed by atoms with E-state index in [4.69, 9.17) is 4.74 Å². The van der Waals surface area contributed by atoms with Gasteiger partial charge < -0.3 is 19.8 Å². The Morgan fingerprint density at radius 1 is 1.11 bits per heavy atom. The van der Waals surface area contributed by atoms with E-state index >= 15 is 0 Å². The first-order valence-corrected chi connectivity index (χ1v) is 8.97. The van der Waals surface area contributed by atoms with Crippen LogP contribution in [-0.2, 0) is 6.42 Å². The molecule has 142 valence electrons. The van der Waals surface area contributed by atoms with Gasteiger partial charge in [0.05, 0.1) is 18.2 Å². The van der Waals surface area contributed by atoms with Crippen molar-refractivity contribution >= 4 is 11.9 Å². The molecule has 0 radical (unpaired) electrons. The molecular weight excluding hydrogens is 346 g/mol. The van der Waals surface area contributed by atoms with Gasteiger partial charge in [-0.1, -0.05) is 18.2 Å². The van der Waals surface area contributed by atoms with Crippen LogP contribution >= 0.6 is 0 Å². The molecule has 3 rings (SSSR count). The number of aromatic hydroxyl groups is 1. The van der Waals surface area contributed by atoms with Crippen molar-refractivity contribution in [2.24, 2.45) is 5.92 Å². The Kier molecular flexibility index (Phi) is 5.64. The van der Waals surface area contributed by atoms with Crippen molar-refractivity contribution in [3.05, 3.63) is 59.2 Å². The van der Waals surface area contributed by atoms with Crippen molar-refractivity contribution < 1.29 is 24.5 Å². The fourth-order valence-electron chi connectivity index (χ4n) is 3.54. The summed E-state index contributed by atoms with van der Waals surface area (Å²) in [4.78, 5) is 25.8. The number of aromatic carboxylic acids is 1. The number of carboxylic acid groups (broad SMARTS) is 1. The lowest BCUT2D eigenvalue weighted by Gasteiger charge is -2.32. The Bertz CT molecular complexity index is 840. The van der Waals surface area contributed by atoms with E-state index in [9.17, 15) is 19.8 Å². The number of amides is 1. The molecule has 0 aliphatic carbocycles. The zero-order chi connectivity index (χ0) is 19.4. The van der Waals surface area contributed by atoms with Crippen LogP contribution in [0.25, 0.3) is 0 Å². The summed E-state index contributed by atoms with van der Waals surface area (Å²) in [6, 6.07) is 11.7. The second-order valence-electron chi connectivity index (χ2n) is 6.79. The number of phenolic OH excluding ortho intramolecular Hbond substituents is 1. The van der Waals surface area contributed by atoms with E-state index in [-0.39, 0.29) is 17.2 Å². The average molecular weight is 369 g/mol. The predicted octanol–water partition coefficient (Wildman–Crippen LogP) is 3.19. The molecule has 2 aromatic rings. The number of carboxylic acids is 1. The number of nitrogens with zero attached hydrogens (tertiary/aromatic N) is 1. The molecule has 0 unspecified atom stereocenters. The molecule has 0 aromatic heterocycles. The first-order valence-electron chi connectivity index (χ1n) is 8.97. The van der Waals surface area contributed by atoms with E-state index in [1.807, 2.05) is 12.1 Å². The number of carbonyl (C=O) groups excluding carboxylic acids is 1. The van der Waals surface area contributed by atoms with Crippen LogP contribution in [0.2, 0.25) is 0 Å². The minimum atomic E-state index is -0.910.